The number of nitrogens with zero attached hydrogens (tertiary/aromatic N) is 2. The van der Waals surface area contributed by atoms with E-state index in [1.165, 1.54) is 20.4 Å². The average molecular weight is 424 g/mol. The van der Waals surface area contributed by atoms with Crippen LogP contribution >= 0.6 is 15.9 Å². The Morgan fingerprint density at radius 1 is 1.27 bits per heavy atom. The van der Waals surface area contributed by atoms with Crippen molar-refractivity contribution in [2.45, 2.75) is 0 Å². The molecule has 0 atom stereocenters. The van der Waals surface area contributed by atoms with Gasteiger partial charge in [0.1, 0.15) is 17.2 Å². The molecule has 2 N–H and O–H groups in total. The number of nitro groups is 1. The van der Waals surface area contributed by atoms with Crippen LogP contribution < -0.4 is 14.9 Å². The predicted molar refractivity (Wildman–Crippen MR) is 97.1 cm³/mol. The number of nitrogens with one attached hydrogen (secondary N) is 1. The first kappa shape index (κ1) is 19.2. The molecule has 2 aromatic rings. The molecule has 2 aromatic carbocycles. The molecule has 0 bridgehead atoms. The van der Waals surface area contributed by atoms with E-state index in [2.05, 4.69) is 26.5 Å². The maximum Gasteiger partial charge on any atom is 0.275 e. The summed E-state index contributed by atoms with van der Waals surface area (Å²) in [6.45, 7) is 0. The number of hydrogen-bond donors (Lipinski definition) is 2. The number of benzene rings is 2. The molecule has 2 rings (SSSR count). The number of carbonyl (C=O) groups excluding carboxylic acids is 1. The summed E-state index contributed by atoms with van der Waals surface area (Å²) in [6.07, 6.45) is 1.33. The van der Waals surface area contributed by atoms with Crippen LogP contribution in [0.15, 0.2) is 39.9 Å². The van der Waals surface area contributed by atoms with Gasteiger partial charge in [0.2, 0.25) is 0 Å². The van der Waals surface area contributed by atoms with Crippen molar-refractivity contribution < 1.29 is 24.3 Å². The molecule has 0 heterocycles. The van der Waals surface area contributed by atoms with E-state index in [-0.39, 0.29) is 11.3 Å². The Bertz CT molecular complexity index is 885. The number of aromatic hydroxyl groups is 1. The van der Waals surface area contributed by atoms with E-state index in [0.717, 1.165) is 18.2 Å². The molecule has 0 saturated carbocycles. The molecule has 0 aliphatic heterocycles. The number of amides is 1. The van der Waals surface area contributed by atoms with Crippen molar-refractivity contribution in [2.24, 2.45) is 5.10 Å². The molecule has 9 nitrogen and oxygen atoms in total. The summed E-state index contributed by atoms with van der Waals surface area (Å²) in [6, 6.07) is 6.44. The van der Waals surface area contributed by atoms with Gasteiger partial charge in [-0.25, -0.2) is 5.43 Å². The lowest BCUT2D eigenvalue weighted by Gasteiger charge is -2.09. The van der Waals surface area contributed by atoms with Crippen LogP contribution in [0.25, 0.3) is 0 Å². The van der Waals surface area contributed by atoms with E-state index in [4.69, 9.17) is 9.47 Å². The van der Waals surface area contributed by atoms with Gasteiger partial charge in [-0.15, -0.1) is 0 Å². The zero-order valence-corrected chi connectivity index (χ0v) is 15.3. The summed E-state index contributed by atoms with van der Waals surface area (Å²) in [5, 5.41) is 24.3. The molecule has 0 radical (unpaired) electrons. The fourth-order valence-electron chi connectivity index (χ4n) is 2.02. The van der Waals surface area contributed by atoms with Crippen LogP contribution in [0.5, 0.6) is 17.2 Å². The number of non-ortho nitro benzene ring substituents is 1. The Hall–Kier alpha value is -3.14. The van der Waals surface area contributed by atoms with Gasteiger partial charge in [-0.3, -0.25) is 14.9 Å². The third-order valence-corrected chi connectivity index (χ3v) is 3.93. The summed E-state index contributed by atoms with van der Waals surface area (Å²) in [5.74, 6) is -0.173. The lowest BCUT2D eigenvalue weighted by Crippen LogP contribution is -2.18. The standard InChI is InChI=1S/C16H14BrN3O6/c1-25-14-7-15(26-2)12(17)5-9(14)8-18-19-16(22)11-6-10(20(23)24)3-4-13(11)21/h3-8,21H,1-2H3,(H,19,22). The van der Waals surface area contributed by atoms with Crippen LogP contribution in [0.3, 0.4) is 0 Å². The monoisotopic (exact) mass is 423 g/mol. The van der Waals surface area contributed by atoms with E-state index in [1.807, 2.05) is 0 Å². The van der Waals surface area contributed by atoms with Crippen LogP contribution in [0.1, 0.15) is 15.9 Å². The highest BCUT2D eigenvalue weighted by molar-refractivity contribution is 9.10. The van der Waals surface area contributed by atoms with Gasteiger partial charge < -0.3 is 14.6 Å². The number of phenolic OH excluding ortho intramolecular Hbond substituents is 1. The molecular formula is C16H14BrN3O6. The number of methoxy groups -OCH3 is 2. The molecule has 26 heavy (non-hydrogen) atoms. The predicted octanol–water partition coefficient (Wildman–Crippen LogP) is 2.84. The summed E-state index contributed by atoms with van der Waals surface area (Å²) in [5.41, 5.74) is 2.16. The second-order valence-corrected chi connectivity index (χ2v) is 5.74. The molecule has 136 valence electrons. The summed E-state index contributed by atoms with van der Waals surface area (Å²) < 4.78 is 11.0. The van der Waals surface area contributed by atoms with E-state index in [1.54, 1.807) is 12.1 Å². The number of ether oxygens (including phenoxy) is 2. The van der Waals surface area contributed by atoms with Crippen molar-refractivity contribution in [3.63, 3.8) is 0 Å². The van der Waals surface area contributed by atoms with Crippen molar-refractivity contribution in [3.05, 3.63) is 56.0 Å². The third-order valence-electron chi connectivity index (χ3n) is 3.31. The van der Waals surface area contributed by atoms with Crippen LogP contribution in [-0.2, 0) is 0 Å². The van der Waals surface area contributed by atoms with Crippen molar-refractivity contribution in [1.29, 1.82) is 0 Å². The third kappa shape index (κ3) is 4.28. The average Bonchev–Trinajstić information content (AvgIpc) is 2.61. The summed E-state index contributed by atoms with van der Waals surface area (Å²) in [4.78, 5) is 22.2. The molecule has 0 aromatic heterocycles. The number of nitro benzene ring substituents is 1. The zero-order chi connectivity index (χ0) is 19.3. The Morgan fingerprint density at radius 3 is 2.58 bits per heavy atom. The van der Waals surface area contributed by atoms with Crippen LogP contribution in [0, 0.1) is 10.1 Å². The molecule has 0 saturated heterocycles. The fourth-order valence-corrected chi connectivity index (χ4v) is 2.55. The molecule has 0 aliphatic rings. The zero-order valence-electron chi connectivity index (χ0n) is 13.7. The highest BCUT2D eigenvalue weighted by atomic mass is 79.9. The Labute approximate surface area is 156 Å². The molecule has 10 heteroatoms. The van der Waals surface area contributed by atoms with Crippen molar-refractivity contribution in [1.82, 2.24) is 5.43 Å². The molecule has 0 fully saturated rings. The molecular weight excluding hydrogens is 410 g/mol. The van der Waals surface area contributed by atoms with Gasteiger partial charge in [-0.05, 0) is 28.1 Å². The topological polar surface area (TPSA) is 123 Å². The van der Waals surface area contributed by atoms with Gasteiger partial charge in [0.25, 0.3) is 11.6 Å². The van der Waals surface area contributed by atoms with Gasteiger partial charge in [0.05, 0.1) is 35.4 Å². The van der Waals surface area contributed by atoms with Gasteiger partial charge >= 0.3 is 0 Å². The van der Waals surface area contributed by atoms with Crippen molar-refractivity contribution >= 4 is 33.7 Å². The van der Waals surface area contributed by atoms with Crippen LogP contribution in [0.4, 0.5) is 5.69 Å². The first-order chi connectivity index (χ1) is 12.4. The first-order valence-corrected chi connectivity index (χ1v) is 7.89. The number of rotatable bonds is 6. The van der Waals surface area contributed by atoms with E-state index >= 15 is 0 Å². The van der Waals surface area contributed by atoms with Crippen molar-refractivity contribution in [2.75, 3.05) is 14.2 Å². The number of hydrazone groups is 1. The summed E-state index contributed by atoms with van der Waals surface area (Å²) >= 11 is 3.33. The van der Waals surface area contributed by atoms with Gasteiger partial charge in [-0.2, -0.15) is 5.10 Å². The smallest absolute Gasteiger partial charge is 0.275 e. The van der Waals surface area contributed by atoms with Gasteiger partial charge in [0, 0.05) is 23.8 Å². The highest BCUT2D eigenvalue weighted by Gasteiger charge is 2.16. The lowest BCUT2D eigenvalue weighted by molar-refractivity contribution is -0.384. The second kappa shape index (κ2) is 8.30. The van der Waals surface area contributed by atoms with Crippen LogP contribution in [-0.4, -0.2) is 36.4 Å². The van der Waals surface area contributed by atoms with Crippen molar-refractivity contribution in [3.8, 4) is 17.2 Å². The van der Waals surface area contributed by atoms with Gasteiger partial charge in [0.15, 0.2) is 0 Å². The quantitative estimate of drug-likeness (QED) is 0.418. The van der Waals surface area contributed by atoms with E-state index in [9.17, 15) is 20.0 Å². The van der Waals surface area contributed by atoms with E-state index in [0.29, 0.717) is 21.5 Å². The molecule has 0 unspecified atom stereocenters. The Morgan fingerprint density at radius 2 is 1.96 bits per heavy atom. The maximum atomic E-state index is 12.1. The fraction of sp³-hybridized carbons (Fsp3) is 0.125. The SMILES string of the molecule is COc1cc(OC)c(C=NNC(=O)c2cc([N+](=O)[O-])ccc2O)cc1Br. The number of halogens is 1. The Kier molecular flexibility index (Phi) is 6.12. The minimum atomic E-state index is -0.797. The minimum Gasteiger partial charge on any atom is -0.507 e. The largest absolute Gasteiger partial charge is 0.507 e. The molecule has 1 amide bonds. The van der Waals surface area contributed by atoms with Gasteiger partial charge in [-0.1, -0.05) is 0 Å². The Balaban J connectivity index is 2.21. The maximum absolute atomic E-state index is 12.1. The number of hydrogen-bond acceptors (Lipinski definition) is 7. The number of carbonyl (C=O) groups is 1. The first-order valence-electron chi connectivity index (χ1n) is 7.09. The molecule has 0 spiro atoms. The molecule has 0 aliphatic carbocycles. The van der Waals surface area contributed by atoms with E-state index < -0.39 is 16.6 Å². The highest BCUT2D eigenvalue weighted by Crippen LogP contribution is 2.32. The lowest BCUT2D eigenvalue weighted by atomic mass is 10.1. The normalized spacial score (nSPS) is 10.6. The van der Waals surface area contributed by atoms with Crippen LogP contribution in [0.2, 0.25) is 0 Å². The minimum absolute atomic E-state index is 0.265. The summed E-state index contributed by atoms with van der Waals surface area (Å²) in [7, 11) is 2.98. The second-order valence-electron chi connectivity index (χ2n) is 4.89. The number of phenols is 1.